The van der Waals surface area contributed by atoms with Gasteiger partial charge in [0.2, 0.25) is 0 Å². The molecule has 0 aromatic heterocycles. The smallest absolute Gasteiger partial charge is 0.133 e. The van der Waals surface area contributed by atoms with Gasteiger partial charge >= 0.3 is 0 Å². The average Bonchev–Trinajstić information content (AvgIpc) is 2.28. The van der Waals surface area contributed by atoms with Crippen LogP contribution in [0.4, 0.5) is 0 Å². The van der Waals surface area contributed by atoms with E-state index in [0.717, 1.165) is 32.6 Å². The van der Waals surface area contributed by atoms with E-state index in [1.807, 2.05) is 0 Å². The average molecular weight is 220 g/mol. The quantitative estimate of drug-likeness (QED) is 0.523. The maximum Gasteiger partial charge on any atom is 0.133 e. The molecular formula is C7H12N2S3. The molecule has 0 saturated carbocycles. The van der Waals surface area contributed by atoms with E-state index in [-0.39, 0.29) is 0 Å². The topological polar surface area (TPSA) is 6.48 Å². The van der Waals surface area contributed by atoms with Crippen LogP contribution in [0.1, 0.15) is 6.42 Å². The van der Waals surface area contributed by atoms with Gasteiger partial charge in [0.1, 0.15) is 4.32 Å². The fourth-order valence-corrected chi connectivity index (χ4v) is 1.83. The van der Waals surface area contributed by atoms with Crippen LogP contribution in [0.15, 0.2) is 0 Å². The Kier molecular flexibility index (Phi) is 4.25. The lowest BCUT2D eigenvalue weighted by atomic mass is 10.4. The molecule has 1 aliphatic heterocycles. The van der Waals surface area contributed by atoms with Gasteiger partial charge in [0, 0.05) is 26.2 Å². The predicted octanol–water partition coefficient (Wildman–Crippen LogP) is 1.17. The van der Waals surface area contributed by atoms with E-state index >= 15 is 0 Å². The Morgan fingerprint density at radius 1 is 1.25 bits per heavy atom. The number of hydrogen-bond acceptors (Lipinski definition) is 2. The Hall–Kier alpha value is 0.130. The van der Waals surface area contributed by atoms with Crippen molar-refractivity contribution in [2.24, 2.45) is 0 Å². The number of thiol groups is 1. The molecule has 0 amide bonds. The summed E-state index contributed by atoms with van der Waals surface area (Å²) in [6, 6.07) is 0. The minimum absolute atomic E-state index is 0.696. The van der Waals surface area contributed by atoms with E-state index in [9.17, 15) is 0 Å². The van der Waals surface area contributed by atoms with Gasteiger partial charge in [0.05, 0.1) is 5.49 Å². The van der Waals surface area contributed by atoms with Crippen LogP contribution in [0.2, 0.25) is 0 Å². The molecule has 0 spiro atoms. The van der Waals surface area contributed by atoms with Gasteiger partial charge in [-0.3, -0.25) is 0 Å². The summed E-state index contributed by atoms with van der Waals surface area (Å²) in [6.45, 7) is 3.94. The summed E-state index contributed by atoms with van der Waals surface area (Å²) >= 11 is 14.0. The largest absolute Gasteiger partial charge is 0.367 e. The summed E-state index contributed by atoms with van der Waals surface area (Å²) in [6.07, 6.45) is 1.10. The molecule has 0 atom stereocenters. The molecule has 1 fully saturated rings. The minimum Gasteiger partial charge on any atom is -0.367 e. The second-order valence-electron chi connectivity index (χ2n) is 2.76. The van der Waals surface area contributed by atoms with Crippen molar-refractivity contribution in [3.8, 4) is 0 Å². The number of nitrogens with zero attached hydrogens (tertiary/aromatic N) is 2. The molecule has 1 heterocycles. The Morgan fingerprint density at radius 3 is 2.58 bits per heavy atom. The van der Waals surface area contributed by atoms with Gasteiger partial charge < -0.3 is 9.80 Å². The summed E-state index contributed by atoms with van der Waals surface area (Å²) in [5.74, 6) is 0. The highest BCUT2D eigenvalue weighted by Crippen LogP contribution is 2.04. The zero-order chi connectivity index (χ0) is 8.97. The van der Waals surface area contributed by atoms with E-state index in [0.29, 0.717) is 4.32 Å². The number of rotatable bonds is 1. The van der Waals surface area contributed by atoms with Crippen LogP contribution in [0.3, 0.4) is 0 Å². The van der Waals surface area contributed by atoms with Gasteiger partial charge in [-0.2, -0.15) is 0 Å². The van der Waals surface area contributed by atoms with Crippen LogP contribution >= 0.6 is 37.1 Å². The third kappa shape index (κ3) is 2.88. The van der Waals surface area contributed by atoms with Crippen molar-refractivity contribution >= 4 is 46.9 Å². The Balaban J connectivity index is 2.44. The molecule has 0 aromatic rings. The first kappa shape index (κ1) is 10.2. The van der Waals surface area contributed by atoms with E-state index in [1.165, 1.54) is 0 Å². The lowest BCUT2D eigenvalue weighted by Crippen LogP contribution is -2.31. The summed E-state index contributed by atoms with van der Waals surface area (Å²) < 4.78 is 0.696. The van der Waals surface area contributed by atoms with Crippen molar-refractivity contribution < 1.29 is 0 Å². The molecule has 1 saturated heterocycles. The highest BCUT2D eigenvalue weighted by Gasteiger charge is 2.12. The third-order valence-electron chi connectivity index (χ3n) is 1.95. The first-order valence-corrected chi connectivity index (χ1v) is 5.24. The van der Waals surface area contributed by atoms with Gasteiger partial charge in [0.25, 0.3) is 0 Å². The van der Waals surface area contributed by atoms with Crippen molar-refractivity contribution in [1.29, 1.82) is 0 Å². The second-order valence-corrected chi connectivity index (χ2v) is 4.09. The molecule has 0 aliphatic carbocycles. The first-order valence-electron chi connectivity index (χ1n) is 3.91. The molecule has 1 aliphatic rings. The predicted molar refractivity (Wildman–Crippen MR) is 63.0 cm³/mol. The number of hydrogen-bond donors (Lipinski definition) is 1. The number of thiocarbonyl (C=S) groups is 2. The van der Waals surface area contributed by atoms with Gasteiger partial charge in [-0.25, -0.2) is 0 Å². The summed E-state index contributed by atoms with van der Waals surface area (Å²) in [5.41, 5.74) is 1.73. The molecule has 1 rings (SSSR count). The maximum atomic E-state index is 4.99. The monoisotopic (exact) mass is 220 g/mol. The molecule has 2 nitrogen and oxygen atoms in total. The van der Waals surface area contributed by atoms with Gasteiger partial charge in [-0.05, 0) is 6.42 Å². The maximum absolute atomic E-state index is 4.99. The highest BCUT2D eigenvalue weighted by molar-refractivity contribution is 8.10. The van der Waals surface area contributed by atoms with Gasteiger partial charge in [0.15, 0.2) is 0 Å². The van der Waals surface area contributed by atoms with E-state index < -0.39 is 0 Å². The summed E-state index contributed by atoms with van der Waals surface area (Å²) in [5, 5.41) is 0. The van der Waals surface area contributed by atoms with Crippen LogP contribution in [0.5, 0.6) is 0 Å². The zero-order valence-corrected chi connectivity index (χ0v) is 9.30. The van der Waals surface area contributed by atoms with Crippen molar-refractivity contribution in [2.45, 2.75) is 6.42 Å². The summed E-state index contributed by atoms with van der Waals surface area (Å²) in [7, 11) is 0. The molecular weight excluding hydrogens is 208 g/mol. The molecule has 0 radical (unpaired) electrons. The third-order valence-corrected chi connectivity index (χ3v) is 2.79. The molecule has 68 valence electrons. The van der Waals surface area contributed by atoms with Crippen LogP contribution in [-0.4, -0.2) is 45.8 Å². The van der Waals surface area contributed by atoms with Crippen molar-refractivity contribution in [1.82, 2.24) is 9.80 Å². The molecule has 0 N–H and O–H groups in total. The van der Waals surface area contributed by atoms with E-state index in [4.69, 9.17) is 24.4 Å². The fourth-order valence-electron chi connectivity index (χ4n) is 1.23. The minimum atomic E-state index is 0.696. The molecule has 12 heavy (non-hydrogen) atoms. The first-order chi connectivity index (χ1) is 5.74. The SMILES string of the molecule is S=CN1CCCN(C(=S)S)CC1. The Bertz CT molecular complexity index is 183. The van der Waals surface area contributed by atoms with Gasteiger partial charge in [-0.1, -0.05) is 24.4 Å². The van der Waals surface area contributed by atoms with Crippen LogP contribution in [-0.2, 0) is 0 Å². The van der Waals surface area contributed by atoms with Crippen LogP contribution < -0.4 is 0 Å². The highest BCUT2D eigenvalue weighted by atomic mass is 32.1. The van der Waals surface area contributed by atoms with Crippen molar-refractivity contribution in [3.05, 3.63) is 0 Å². The van der Waals surface area contributed by atoms with Crippen LogP contribution in [0.25, 0.3) is 0 Å². The standard InChI is InChI=1S/C7H12N2S3/c10-6-8-2-1-3-9(5-4-8)7(11)12/h6H,1-5H2,(H,11,12). The molecule has 5 heteroatoms. The molecule has 0 unspecified atom stereocenters. The van der Waals surface area contributed by atoms with Crippen molar-refractivity contribution in [3.63, 3.8) is 0 Å². The zero-order valence-electron chi connectivity index (χ0n) is 6.77. The van der Waals surface area contributed by atoms with Crippen LogP contribution in [0, 0.1) is 0 Å². The van der Waals surface area contributed by atoms with Gasteiger partial charge in [-0.15, -0.1) is 12.6 Å². The van der Waals surface area contributed by atoms with E-state index in [2.05, 4.69) is 22.4 Å². The van der Waals surface area contributed by atoms with Crippen molar-refractivity contribution in [2.75, 3.05) is 26.2 Å². The summed E-state index contributed by atoms with van der Waals surface area (Å²) in [4.78, 5) is 4.25. The van der Waals surface area contributed by atoms with E-state index in [1.54, 1.807) is 5.49 Å². The lowest BCUT2D eigenvalue weighted by molar-refractivity contribution is 0.429. The molecule has 0 bridgehead atoms. The molecule has 0 aromatic carbocycles. The fraction of sp³-hybridized carbons (Fsp3) is 0.714. The Labute approximate surface area is 89.3 Å². The normalized spacial score (nSPS) is 18.8. The lowest BCUT2D eigenvalue weighted by Gasteiger charge is -2.20. The Morgan fingerprint density at radius 2 is 2.00 bits per heavy atom. The second kappa shape index (κ2) is 4.99.